The van der Waals surface area contributed by atoms with Gasteiger partial charge in [-0.2, -0.15) is 0 Å². The van der Waals surface area contributed by atoms with E-state index in [-0.39, 0.29) is 40.0 Å². The molecule has 1 aromatic carbocycles. The number of benzene rings is 1. The van der Waals surface area contributed by atoms with Crippen LogP contribution in [0.15, 0.2) is 60.9 Å². The molecule has 7 unspecified atom stereocenters. The number of rotatable bonds is 15. The molecule has 2 aromatic rings. The van der Waals surface area contributed by atoms with Crippen LogP contribution in [0, 0.1) is 0 Å². The van der Waals surface area contributed by atoms with Crippen molar-refractivity contribution >= 4 is 66.8 Å². The summed E-state index contributed by atoms with van der Waals surface area (Å²) < 4.78 is 18.2. The molecular weight excluding hydrogens is 969 g/mol. The molecular formula is C49H65FIN11O5. The molecule has 16 nitrogen and oxygen atoms in total. The Morgan fingerprint density at radius 2 is 1.76 bits per heavy atom. The molecule has 0 aliphatic carbocycles. The van der Waals surface area contributed by atoms with Crippen LogP contribution < -0.4 is 21.4 Å². The molecule has 0 radical (unpaired) electrons. The van der Waals surface area contributed by atoms with Crippen LogP contribution in [0.4, 0.5) is 10.1 Å². The van der Waals surface area contributed by atoms with E-state index in [4.69, 9.17) is 4.98 Å². The van der Waals surface area contributed by atoms with E-state index in [1.165, 1.54) is 0 Å². The van der Waals surface area contributed by atoms with E-state index in [9.17, 15) is 24.0 Å². The fourth-order valence-corrected chi connectivity index (χ4v) is 19.7. The first kappa shape index (κ1) is 47.2. The van der Waals surface area contributed by atoms with E-state index in [2.05, 4.69) is 110 Å². The standard InChI is InChI=1S/C49H65FIN11O5/c1-32-17-18-35(50)33(2)51(32)40-15-11-25-60(40)49(3)22-21-41-54-30-39(62(41)56-49)37-14-10-16-44(57(37)4)59-28-26-58(27-29-59)31-43(64)53-24-8-6-5-7-23-52-36-13-9-12-34-45(36)48(67)61(47(34)66)38-19-20-42(63)55-46(38)65/h9-10,12-14,16-18,21-22,30,32-33,35,38,40,44,52,56H,5-8,11,15,19-20,23-29,31H2,1-4H3,(H,53,64)(H,55,63,65). The molecule has 0 saturated carbocycles. The summed E-state index contributed by atoms with van der Waals surface area (Å²) in [7, 11) is 2.14. The number of allylic oxidation sites excluding steroid dienone is 4. The van der Waals surface area contributed by atoms with Crippen molar-refractivity contribution in [1.82, 2.24) is 44.8 Å². The van der Waals surface area contributed by atoms with Gasteiger partial charge in [0.25, 0.3) is 11.8 Å². The van der Waals surface area contributed by atoms with Crippen LogP contribution in [0.3, 0.4) is 0 Å². The van der Waals surface area contributed by atoms with Gasteiger partial charge in [-0.15, -0.1) is 0 Å². The Kier molecular flexibility index (Phi) is 14.1. The number of unbranched alkanes of at least 4 members (excludes halogenated alkanes) is 3. The molecule has 7 aliphatic heterocycles. The number of carbonyl (C=O) groups is 5. The van der Waals surface area contributed by atoms with E-state index in [0.29, 0.717) is 33.3 Å². The SMILES string of the molecule is CC1C=CC(F)C(C)I1C1CCCN1C1(C)C=Cc2ncc(C3=CC=CC(N4CCN(CC(=O)NCCCCCCNc5cccc6c5C(=O)N(C5CCC(=O)NC5=O)C6=O)CC4)N3C)n2N1. The summed E-state index contributed by atoms with van der Waals surface area (Å²) in [6, 6.07) is 4.07. The zero-order chi connectivity index (χ0) is 47.0. The van der Waals surface area contributed by atoms with Gasteiger partial charge in [0.05, 0.1) is 17.7 Å². The number of imide groups is 2. The first-order chi connectivity index (χ1) is 32.3. The number of piperazine rings is 1. The zero-order valence-corrected chi connectivity index (χ0v) is 41.2. The Morgan fingerprint density at radius 1 is 0.970 bits per heavy atom. The molecule has 7 aliphatic rings. The number of aromatic nitrogens is 2. The summed E-state index contributed by atoms with van der Waals surface area (Å²) in [5.74, 6) is -1.18. The topological polar surface area (TPSA) is 167 Å². The van der Waals surface area contributed by atoms with Crippen molar-refractivity contribution in [2.75, 3.05) is 70.1 Å². The quantitative estimate of drug-likeness (QED) is 0.0484. The number of hydrogen-bond acceptors (Lipinski definition) is 12. The Bertz CT molecular complexity index is 2380. The number of piperidine rings is 1. The van der Waals surface area contributed by atoms with Crippen LogP contribution in [-0.2, 0) is 14.4 Å². The third kappa shape index (κ3) is 9.47. The van der Waals surface area contributed by atoms with Crippen molar-refractivity contribution < 1.29 is 28.4 Å². The average molecular weight is 1030 g/mol. The number of hydrogen-bond donors (Lipinski definition) is 4. The maximum atomic E-state index is 15.0. The van der Waals surface area contributed by atoms with Gasteiger partial charge >= 0.3 is 223 Å². The van der Waals surface area contributed by atoms with Crippen molar-refractivity contribution in [3.8, 4) is 0 Å². The Hall–Kier alpha value is -4.92. The summed E-state index contributed by atoms with van der Waals surface area (Å²) in [5, 5.41) is 8.64. The van der Waals surface area contributed by atoms with E-state index < -0.39 is 61.3 Å². The van der Waals surface area contributed by atoms with Crippen LogP contribution in [0.25, 0.3) is 11.8 Å². The van der Waals surface area contributed by atoms with Gasteiger partial charge in [0.1, 0.15) is 6.04 Å². The minimum atomic E-state index is -1.73. The number of nitrogens with one attached hydrogen (secondary N) is 4. The van der Waals surface area contributed by atoms with E-state index in [1.807, 2.05) is 6.20 Å². The Balaban J connectivity index is 0.691. The molecule has 4 N–H and O–H groups in total. The van der Waals surface area contributed by atoms with E-state index in [0.717, 1.165) is 93.4 Å². The molecule has 1 aromatic heterocycles. The summed E-state index contributed by atoms with van der Waals surface area (Å²) in [6.07, 6.45) is 22.0. The molecule has 67 heavy (non-hydrogen) atoms. The van der Waals surface area contributed by atoms with Crippen molar-refractivity contribution in [2.24, 2.45) is 0 Å². The Labute approximate surface area is 399 Å². The zero-order valence-electron chi connectivity index (χ0n) is 39.1. The van der Waals surface area contributed by atoms with Gasteiger partial charge in [-0.05, 0) is 31.4 Å². The number of amides is 5. The summed E-state index contributed by atoms with van der Waals surface area (Å²) in [4.78, 5) is 79.0. The third-order valence-corrected chi connectivity index (χ3v) is 23.1. The number of halogens is 2. The van der Waals surface area contributed by atoms with Crippen LogP contribution >= 0.6 is 19.8 Å². The van der Waals surface area contributed by atoms with Crippen LogP contribution in [0.5, 0.6) is 0 Å². The molecule has 0 spiro atoms. The van der Waals surface area contributed by atoms with Gasteiger partial charge in [-0.3, -0.25) is 39.1 Å². The van der Waals surface area contributed by atoms with Crippen LogP contribution in [0.1, 0.15) is 104 Å². The fraction of sp³-hybridized carbons (Fsp3) is 0.551. The molecule has 7 atom stereocenters. The number of imidazole rings is 1. The predicted octanol–water partition coefficient (Wildman–Crippen LogP) is 4.76. The second-order valence-electron chi connectivity index (χ2n) is 18.9. The maximum absolute atomic E-state index is 15.0. The molecule has 9 rings (SSSR count). The number of nitrogens with zero attached hydrogens (tertiary/aromatic N) is 7. The second kappa shape index (κ2) is 20.0. The number of anilines is 1. The van der Waals surface area contributed by atoms with Gasteiger partial charge < -0.3 is 10.6 Å². The van der Waals surface area contributed by atoms with Gasteiger partial charge in [0.2, 0.25) is 17.7 Å². The molecule has 360 valence electrons. The monoisotopic (exact) mass is 1030 g/mol. The Morgan fingerprint density at radius 3 is 2.55 bits per heavy atom. The van der Waals surface area contributed by atoms with Crippen molar-refractivity contribution in [2.45, 2.75) is 108 Å². The summed E-state index contributed by atoms with van der Waals surface area (Å²) in [5.41, 5.74) is 6.62. The predicted molar refractivity (Wildman–Crippen MR) is 265 cm³/mol. The second-order valence-corrected chi connectivity index (χ2v) is 26.4. The summed E-state index contributed by atoms with van der Waals surface area (Å²) in [6.45, 7) is 12.5. The first-order valence-electron chi connectivity index (χ1n) is 24.1. The number of likely N-dealkylation sites (N-methyl/N-ethyl adjacent to an activating group) is 1. The van der Waals surface area contributed by atoms with Crippen molar-refractivity contribution in [1.29, 1.82) is 0 Å². The number of likely N-dealkylation sites (tertiary alicyclic amines) is 1. The van der Waals surface area contributed by atoms with E-state index in [1.54, 1.807) is 24.3 Å². The normalized spacial score (nSPS) is 29.5. The van der Waals surface area contributed by atoms with E-state index >= 15 is 4.39 Å². The molecule has 3 fully saturated rings. The first-order valence-corrected chi connectivity index (χ1v) is 27.8. The van der Waals surface area contributed by atoms with Gasteiger partial charge in [0.15, 0.2) is 0 Å². The van der Waals surface area contributed by atoms with Gasteiger partial charge in [0, 0.05) is 25.2 Å². The molecule has 18 heteroatoms. The summed E-state index contributed by atoms with van der Waals surface area (Å²) >= 11 is -1.73. The third-order valence-electron chi connectivity index (χ3n) is 14.5. The van der Waals surface area contributed by atoms with Gasteiger partial charge in [-0.1, -0.05) is 18.9 Å². The van der Waals surface area contributed by atoms with Crippen molar-refractivity contribution in [3.63, 3.8) is 0 Å². The number of carbonyl (C=O) groups excluding carboxylic acids is 5. The molecule has 5 amide bonds. The minimum absolute atomic E-state index is 0.0340. The van der Waals surface area contributed by atoms with Crippen molar-refractivity contribution in [3.05, 3.63) is 83.5 Å². The fourth-order valence-electron chi connectivity index (χ4n) is 10.8. The molecule has 0 bridgehead atoms. The van der Waals surface area contributed by atoms with Crippen LogP contribution in [0.2, 0.25) is 0 Å². The number of fused-ring (bicyclic) bond motifs is 2. The average Bonchev–Trinajstić information content (AvgIpc) is 4.03. The molecule has 3 saturated heterocycles. The molecule has 8 heterocycles. The number of alkyl halides is 4. The van der Waals surface area contributed by atoms with Gasteiger partial charge in [-0.25, -0.2) is 0 Å². The van der Waals surface area contributed by atoms with Crippen LogP contribution in [-0.4, -0.2) is 159 Å².